The predicted octanol–water partition coefficient (Wildman–Crippen LogP) is 3.19. The van der Waals surface area contributed by atoms with Gasteiger partial charge in [0, 0.05) is 6.07 Å². The molecule has 0 aliphatic rings. The monoisotopic (exact) mass is 403 g/mol. The van der Waals surface area contributed by atoms with Gasteiger partial charge in [-0.2, -0.15) is 0 Å². The van der Waals surface area contributed by atoms with E-state index < -0.39 is 14.9 Å². The van der Waals surface area contributed by atoms with Crippen molar-refractivity contribution in [2.24, 2.45) is 5.92 Å². The largest absolute Gasteiger partial charge is 0.369 e. The van der Waals surface area contributed by atoms with Gasteiger partial charge in [0.2, 0.25) is 10.0 Å². The van der Waals surface area contributed by atoms with Crippen LogP contribution in [0.1, 0.15) is 25.7 Å². The Kier molecular flexibility index (Phi) is 5.34. The number of aromatic nitrogens is 2. The maximum absolute atomic E-state index is 12.0. The molecule has 0 saturated carbocycles. The standard InChI is InChI=1S/C18H21N5O4S/c1-11(2)17(18-21-13-6-4-5-7-14(13)22-18)20-15-9-8-12(28(26,27)19-3)10-16(15)23(24)25/h4-11,17,19-20H,1-3H3,(H,21,22)/t17-/m0/s1. The summed E-state index contributed by atoms with van der Waals surface area (Å²) in [4.78, 5) is 18.6. The lowest BCUT2D eigenvalue weighted by atomic mass is 10.0. The molecular weight excluding hydrogens is 382 g/mol. The molecule has 0 amide bonds. The van der Waals surface area contributed by atoms with Crippen LogP contribution in [-0.4, -0.2) is 30.4 Å². The molecule has 3 N–H and O–H groups in total. The number of nitro groups is 1. The van der Waals surface area contributed by atoms with Crippen LogP contribution in [0, 0.1) is 16.0 Å². The first-order chi connectivity index (χ1) is 13.2. The van der Waals surface area contributed by atoms with Gasteiger partial charge in [-0.3, -0.25) is 10.1 Å². The number of imidazole rings is 1. The highest BCUT2D eigenvalue weighted by Gasteiger charge is 2.25. The molecule has 2 aromatic carbocycles. The van der Waals surface area contributed by atoms with Gasteiger partial charge in [0.05, 0.1) is 26.9 Å². The molecule has 1 heterocycles. The maximum atomic E-state index is 12.0. The molecule has 0 aliphatic carbocycles. The molecule has 0 bridgehead atoms. The van der Waals surface area contributed by atoms with Crippen LogP contribution < -0.4 is 10.0 Å². The second-order valence-electron chi connectivity index (χ2n) is 6.65. The summed E-state index contributed by atoms with van der Waals surface area (Å²) < 4.78 is 26.1. The van der Waals surface area contributed by atoms with Crippen molar-refractivity contribution in [2.75, 3.05) is 12.4 Å². The Morgan fingerprint density at radius 2 is 1.89 bits per heavy atom. The zero-order chi connectivity index (χ0) is 20.5. The number of nitrogens with zero attached hydrogens (tertiary/aromatic N) is 2. The van der Waals surface area contributed by atoms with Crippen LogP contribution in [0.15, 0.2) is 47.4 Å². The van der Waals surface area contributed by atoms with Gasteiger partial charge in [-0.1, -0.05) is 26.0 Å². The summed E-state index contributed by atoms with van der Waals surface area (Å²) in [5.41, 5.74) is 1.57. The van der Waals surface area contributed by atoms with Crippen LogP contribution in [-0.2, 0) is 10.0 Å². The third-order valence-corrected chi connectivity index (χ3v) is 5.84. The van der Waals surface area contributed by atoms with Crippen molar-refractivity contribution in [3.05, 3.63) is 58.4 Å². The summed E-state index contributed by atoms with van der Waals surface area (Å²) in [7, 11) is -2.53. The van der Waals surface area contributed by atoms with E-state index in [1.807, 2.05) is 38.1 Å². The normalized spacial score (nSPS) is 13.0. The highest BCUT2D eigenvalue weighted by Crippen LogP contribution is 2.33. The molecule has 28 heavy (non-hydrogen) atoms. The van der Waals surface area contributed by atoms with Crippen molar-refractivity contribution in [3.8, 4) is 0 Å². The van der Waals surface area contributed by atoms with Crippen LogP contribution in [0.4, 0.5) is 11.4 Å². The molecule has 0 spiro atoms. The highest BCUT2D eigenvalue weighted by atomic mass is 32.2. The summed E-state index contributed by atoms with van der Waals surface area (Å²) >= 11 is 0. The van der Waals surface area contributed by atoms with E-state index >= 15 is 0 Å². The van der Waals surface area contributed by atoms with Gasteiger partial charge in [0.25, 0.3) is 5.69 Å². The summed E-state index contributed by atoms with van der Waals surface area (Å²) in [6, 6.07) is 11.0. The van der Waals surface area contributed by atoms with Crippen LogP contribution in [0.3, 0.4) is 0 Å². The number of benzene rings is 2. The van der Waals surface area contributed by atoms with Crippen LogP contribution >= 0.6 is 0 Å². The molecule has 10 heteroatoms. The molecule has 0 saturated heterocycles. The van der Waals surface area contributed by atoms with E-state index in [4.69, 9.17) is 0 Å². The topological polar surface area (TPSA) is 130 Å². The Morgan fingerprint density at radius 3 is 2.50 bits per heavy atom. The molecule has 0 aliphatic heterocycles. The second-order valence-corrected chi connectivity index (χ2v) is 8.54. The Morgan fingerprint density at radius 1 is 1.18 bits per heavy atom. The van der Waals surface area contributed by atoms with Crippen molar-refractivity contribution in [2.45, 2.75) is 24.8 Å². The summed E-state index contributed by atoms with van der Waals surface area (Å²) in [5.74, 6) is 0.707. The molecular formula is C18H21N5O4S. The highest BCUT2D eigenvalue weighted by molar-refractivity contribution is 7.89. The van der Waals surface area contributed by atoms with Gasteiger partial charge in [-0.05, 0) is 37.2 Å². The zero-order valence-electron chi connectivity index (χ0n) is 15.6. The minimum absolute atomic E-state index is 0.0564. The van der Waals surface area contributed by atoms with E-state index in [9.17, 15) is 18.5 Å². The number of para-hydroxylation sites is 2. The van der Waals surface area contributed by atoms with Crippen LogP contribution in [0.5, 0.6) is 0 Å². The van der Waals surface area contributed by atoms with Crippen LogP contribution in [0.2, 0.25) is 0 Å². The van der Waals surface area contributed by atoms with E-state index in [2.05, 4.69) is 20.0 Å². The minimum Gasteiger partial charge on any atom is -0.369 e. The van der Waals surface area contributed by atoms with Crippen molar-refractivity contribution in [3.63, 3.8) is 0 Å². The number of sulfonamides is 1. The van der Waals surface area contributed by atoms with Gasteiger partial charge >= 0.3 is 0 Å². The first-order valence-electron chi connectivity index (χ1n) is 8.66. The number of aromatic amines is 1. The first kappa shape index (κ1) is 19.8. The number of rotatable bonds is 7. The SMILES string of the molecule is CNS(=O)(=O)c1ccc(N[C@H](c2nc3ccccc3[nH]2)C(C)C)c([N+](=O)[O-])c1. The molecule has 0 radical (unpaired) electrons. The molecule has 1 atom stereocenters. The molecule has 9 nitrogen and oxygen atoms in total. The fourth-order valence-electron chi connectivity index (χ4n) is 2.91. The first-order valence-corrected chi connectivity index (χ1v) is 10.1. The lowest BCUT2D eigenvalue weighted by Gasteiger charge is -2.21. The number of hydrogen-bond acceptors (Lipinski definition) is 6. The number of H-pyrrole nitrogens is 1. The number of anilines is 1. The lowest BCUT2D eigenvalue weighted by Crippen LogP contribution is -2.20. The van der Waals surface area contributed by atoms with Gasteiger partial charge in [-0.25, -0.2) is 18.1 Å². The molecule has 1 aromatic heterocycles. The van der Waals surface area contributed by atoms with E-state index in [1.54, 1.807) is 0 Å². The van der Waals surface area contributed by atoms with Crippen molar-refractivity contribution >= 4 is 32.4 Å². The summed E-state index contributed by atoms with van der Waals surface area (Å²) in [6.45, 7) is 3.94. The average molecular weight is 403 g/mol. The van der Waals surface area contributed by atoms with Gasteiger partial charge in [0.15, 0.2) is 0 Å². The summed E-state index contributed by atoms with van der Waals surface area (Å²) in [5, 5.41) is 14.7. The van der Waals surface area contributed by atoms with E-state index in [0.29, 0.717) is 5.82 Å². The van der Waals surface area contributed by atoms with E-state index in [1.165, 1.54) is 19.2 Å². The van der Waals surface area contributed by atoms with Crippen LogP contribution in [0.25, 0.3) is 11.0 Å². The Hall–Kier alpha value is -2.98. The second kappa shape index (κ2) is 7.56. The van der Waals surface area contributed by atoms with E-state index in [0.717, 1.165) is 17.1 Å². The predicted molar refractivity (Wildman–Crippen MR) is 107 cm³/mol. The van der Waals surface area contributed by atoms with Crippen molar-refractivity contribution in [1.29, 1.82) is 0 Å². The lowest BCUT2D eigenvalue weighted by molar-refractivity contribution is -0.384. The molecule has 3 rings (SSSR count). The average Bonchev–Trinajstić information content (AvgIpc) is 3.09. The van der Waals surface area contributed by atoms with E-state index in [-0.39, 0.29) is 28.2 Å². The van der Waals surface area contributed by atoms with Gasteiger partial charge < -0.3 is 10.3 Å². The smallest absolute Gasteiger partial charge is 0.293 e. The zero-order valence-corrected chi connectivity index (χ0v) is 16.4. The Labute approximate surface area is 162 Å². The van der Waals surface area contributed by atoms with Gasteiger partial charge in [0.1, 0.15) is 11.5 Å². The molecule has 0 unspecified atom stereocenters. The third-order valence-electron chi connectivity index (χ3n) is 4.42. The molecule has 3 aromatic rings. The number of nitro benzene ring substituents is 1. The molecule has 0 fully saturated rings. The fourth-order valence-corrected chi connectivity index (χ4v) is 3.66. The third kappa shape index (κ3) is 3.82. The fraction of sp³-hybridized carbons (Fsp3) is 0.278. The van der Waals surface area contributed by atoms with Crippen molar-refractivity contribution < 1.29 is 13.3 Å². The maximum Gasteiger partial charge on any atom is 0.293 e. The Bertz CT molecular complexity index is 1090. The quantitative estimate of drug-likeness (QED) is 0.410. The summed E-state index contributed by atoms with van der Waals surface area (Å²) in [6.07, 6.45) is 0. The van der Waals surface area contributed by atoms with Crippen molar-refractivity contribution in [1.82, 2.24) is 14.7 Å². The van der Waals surface area contributed by atoms with Gasteiger partial charge in [-0.15, -0.1) is 0 Å². The Balaban J connectivity index is 2.02. The number of nitrogens with one attached hydrogen (secondary N) is 3. The molecule has 148 valence electrons. The number of fused-ring (bicyclic) bond motifs is 1. The minimum atomic E-state index is -3.79. The number of hydrogen-bond donors (Lipinski definition) is 3.